The molecule has 6 rings (SSSR count). The molecule has 0 saturated heterocycles. The number of thiazole rings is 1. The normalized spacial score (nSPS) is 20.6. The fourth-order valence-electron chi connectivity index (χ4n) is 4.23. The lowest BCUT2D eigenvalue weighted by Gasteiger charge is -2.39. The second kappa shape index (κ2) is 6.70. The molecule has 152 valence electrons. The number of anilines is 2. The smallest absolute Gasteiger partial charge is 0.262 e. The molecule has 0 spiro atoms. The molecule has 2 aromatic carbocycles. The molecule has 2 aliphatic heterocycles. The van der Waals surface area contributed by atoms with Crippen molar-refractivity contribution in [2.45, 2.75) is 38.3 Å². The van der Waals surface area contributed by atoms with E-state index in [1.54, 1.807) is 11.3 Å². The zero-order chi connectivity index (χ0) is 20.2. The summed E-state index contributed by atoms with van der Waals surface area (Å²) in [6.07, 6.45) is 3.61. The van der Waals surface area contributed by atoms with Crippen LogP contribution in [-0.2, 0) is 4.79 Å². The maximum Gasteiger partial charge on any atom is 0.262 e. The number of nitrogens with one attached hydrogen (secondary N) is 2. The van der Waals surface area contributed by atoms with Crippen LogP contribution in [0.3, 0.4) is 0 Å². The first-order valence-electron chi connectivity index (χ1n) is 10.2. The van der Waals surface area contributed by atoms with Gasteiger partial charge in [0.15, 0.2) is 5.84 Å². The first-order chi connectivity index (χ1) is 14.7. The van der Waals surface area contributed by atoms with Gasteiger partial charge in [-0.1, -0.05) is 6.07 Å². The minimum absolute atomic E-state index is 0.111. The van der Waals surface area contributed by atoms with Crippen molar-refractivity contribution in [1.29, 1.82) is 0 Å². The van der Waals surface area contributed by atoms with Crippen LogP contribution < -0.4 is 20.4 Å². The molecule has 1 saturated carbocycles. The Morgan fingerprint density at radius 2 is 2.17 bits per heavy atom. The summed E-state index contributed by atoms with van der Waals surface area (Å²) >= 11 is 1.64. The van der Waals surface area contributed by atoms with Crippen molar-refractivity contribution in [2.24, 2.45) is 5.10 Å². The molecule has 1 aromatic heterocycles. The van der Waals surface area contributed by atoms with Crippen LogP contribution in [0.5, 0.6) is 5.75 Å². The van der Waals surface area contributed by atoms with E-state index in [2.05, 4.69) is 51.2 Å². The second-order valence-corrected chi connectivity index (χ2v) is 8.90. The lowest BCUT2D eigenvalue weighted by molar-refractivity contribution is -0.122. The van der Waals surface area contributed by atoms with Crippen molar-refractivity contribution in [1.82, 2.24) is 10.4 Å². The summed E-state index contributed by atoms with van der Waals surface area (Å²) in [7, 11) is 0. The predicted octanol–water partition coefficient (Wildman–Crippen LogP) is 3.96. The molecule has 3 heterocycles. The number of hydrazone groups is 1. The number of aromatic nitrogens is 1. The molecule has 8 heteroatoms. The predicted molar refractivity (Wildman–Crippen MR) is 119 cm³/mol. The van der Waals surface area contributed by atoms with Gasteiger partial charge in [0.1, 0.15) is 18.4 Å². The van der Waals surface area contributed by atoms with E-state index in [0.29, 0.717) is 12.6 Å². The number of ether oxygens (including phenoxy) is 1. The van der Waals surface area contributed by atoms with E-state index < -0.39 is 0 Å². The van der Waals surface area contributed by atoms with Gasteiger partial charge in [-0.3, -0.25) is 4.79 Å². The molecule has 7 nitrogen and oxygen atoms in total. The molecule has 3 aromatic rings. The van der Waals surface area contributed by atoms with E-state index in [4.69, 9.17) is 4.74 Å². The molecular formula is C22H21N5O2S. The highest BCUT2D eigenvalue weighted by Crippen LogP contribution is 2.44. The number of carbonyl (C=O) groups is 1. The number of benzene rings is 2. The van der Waals surface area contributed by atoms with Gasteiger partial charge in [0.2, 0.25) is 0 Å². The van der Waals surface area contributed by atoms with Gasteiger partial charge in [0.25, 0.3) is 5.91 Å². The summed E-state index contributed by atoms with van der Waals surface area (Å²) in [6.45, 7) is 2.23. The van der Waals surface area contributed by atoms with Gasteiger partial charge in [-0.2, -0.15) is 5.10 Å². The van der Waals surface area contributed by atoms with E-state index in [1.807, 2.05) is 17.3 Å². The van der Waals surface area contributed by atoms with Crippen molar-refractivity contribution in [2.75, 3.05) is 16.8 Å². The molecule has 0 radical (unpaired) electrons. The Morgan fingerprint density at radius 3 is 3.00 bits per heavy atom. The zero-order valence-electron chi connectivity index (χ0n) is 16.5. The third kappa shape index (κ3) is 2.74. The van der Waals surface area contributed by atoms with Crippen LogP contribution in [0.2, 0.25) is 0 Å². The minimum Gasteiger partial charge on any atom is -0.483 e. The van der Waals surface area contributed by atoms with Crippen LogP contribution in [0, 0.1) is 0 Å². The molecule has 1 amide bonds. The minimum atomic E-state index is -0.337. The quantitative estimate of drug-likeness (QED) is 0.672. The third-order valence-electron chi connectivity index (χ3n) is 6.16. The molecule has 1 fully saturated rings. The van der Waals surface area contributed by atoms with E-state index in [1.165, 1.54) is 19.3 Å². The number of carbonyl (C=O) groups excluding carboxylic acids is 1. The van der Waals surface area contributed by atoms with Gasteiger partial charge < -0.3 is 15.0 Å². The molecule has 1 aliphatic carbocycles. The highest BCUT2D eigenvalue weighted by Gasteiger charge is 2.36. The average molecular weight is 420 g/mol. The van der Waals surface area contributed by atoms with Crippen LogP contribution in [0.4, 0.5) is 11.4 Å². The lowest BCUT2D eigenvalue weighted by Crippen LogP contribution is -2.55. The number of nitrogens with zero attached hydrogens (tertiary/aromatic N) is 3. The van der Waals surface area contributed by atoms with Crippen LogP contribution in [-0.4, -0.2) is 35.4 Å². The van der Waals surface area contributed by atoms with Gasteiger partial charge >= 0.3 is 0 Å². The Bertz CT molecular complexity index is 1200. The number of amidine groups is 1. The maximum atomic E-state index is 12.2. The average Bonchev–Trinajstić information content (AvgIpc) is 3.20. The van der Waals surface area contributed by atoms with E-state index in [0.717, 1.165) is 44.3 Å². The van der Waals surface area contributed by atoms with Crippen LogP contribution in [0.15, 0.2) is 40.9 Å². The van der Waals surface area contributed by atoms with E-state index >= 15 is 0 Å². The summed E-state index contributed by atoms with van der Waals surface area (Å²) < 4.78 is 7.21. The summed E-state index contributed by atoms with van der Waals surface area (Å²) in [5.41, 5.74) is 9.65. The molecule has 1 atom stereocenters. The third-order valence-corrected chi connectivity index (χ3v) is 6.95. The fraction of sp³-hybridized carbons (Fsp3) is 0.318. The number of rotatable bonds is 3. The number of fused-ring (bicyclic) bond motifs is 4. The Balaban J connectivity index is 1.50. The van der Waals surface area contributed by atoms with Crippen LogP contribution in [0.25, 0.3) is 21.3 Å². The molecule has 30 heavy (non-hydrogen) atoms. The lowest BCUT2D eigenvalue weighted by atomic mass is 9.92. The zero-order valence-corrected chi connectivity index (χ0v) is 17.3. The molecule has 2 N–H and O–H groups in total. The summed E-state index contributed by atoms with van der Waals surface area (Å²) in [5, 5.41) is 7.92. The number of amides is 1. The van der Waals surface area contributed by atoms with Gasteiger partial charge in [-0.15, -0.1) is 11.3 Å². The largest absolute Gasteiger partial charge is 0.483 e. The first-order valence-corrected chi connectivity index (χ1v) is 11.1. The molecule has 3 aliphatic rings. The molecular weight excluding hydrogens is 398 g/mol. The fourth-order valence-corrected chi connectivity index (χ4v) is 4.94. The van der Waals surface area contributed by atoms with Crippen molar-refractivity contribution in [3.05, 3.63) is 35.8 Å². The Hall–Kier alpha value is -3.13. The highest BCUT2D eigenvalue weighted by atomic mass is 32.1. The topological polar surface area (TPSA) is 78.8 Å². The Labute approximate surface area is 177 Å². The van der Waals surface area contributed by atoms with Crippen molar-refractivity contribution >= 4 is 44.7 Å². The van der Waals surface area contributed by atoms with Crippen molar-refractivity contribution in [3.63, 3.8) is 0 Å². The van der Waals surface area contributed by atoms with E-state index in [9.17, 15) is 4.79 Å². The van der Waals surface area contributed by atoms with Gasteiger partial charge in [0, 0.05) is 17.3 Å². The van der Waals surface area contributed by atoms with E-state index in [-0.39, 0.29) is 11.9 Å². The second-order valence-electron chi connectivity index (χ2n) is 8.01. The standard InChI is InChI=1S/C22H21N5O2S/c1-12-22(28)26-25-21-10-29-19-8-15(13-5-6-16-20(7-13)30-11-23-16)17(9-18(19)27(12)21)24-14-3-2-4-14/h5-9,11-12,14,24H,2-4,10H2,1H3,(H,26,28). The van der Waals surface area contributed by atoms with Crippen molar-refractivity contribution in [3.8, 4) is 16.9 Å². The van der Waals surface area contributed by atoms with Gasteiger partial charge in [-0.25, -0.2) is 10.4 Å². The summed E-state index contributed by atoms with van der Waals surface area (Å²) in [5.74, 6) is 1.39. The SMILES string of the molecule is CC1C(=O)NN=C2COc3cc(-c4ccc5ncsc5c4)c(NC4CCC4)cc3N21. The molecule has 0 bridgehead atoms. The van der Waals surface area contributed by atoms with Crippen LogP contribution in [0.1, 0.15) is 26.2 Å². The Morgan fingerprint density at radius 1 is 1.27 bits per heavy atom. The summed E-state index contributed by atoms with van der Waals surface area (Å²) in [4.78, 5) is 18.6. The first kappa shape index (κ1) is 17.7. The van der Waals surface area contributed by atoms with Gasteiger partial charge in [-0.05, 0) is 56.0 Å². The van der Waals surface area contributed by atoms with Gasteiger partial charge in [0.05, 0.1) is 21.4 Å². The monoisotopic (exact) mass is 419 g/mol. The van der Waals surface area contributed by atoms with Crippen molar-refractivity contribution < 1.29 is 9.53 Å². The summed E-state index contributed by atoms with van der Waals surface area (Å²) in [6, 6.07) is 10.7. The highest BCUT2D eigenvalue weighted by molar-refractivity contribution is 7.16. The number of hydrogen-bond donors (Lipinski definition) is 2. The van der Waals surface area contributed by atoms with Crippen LogP contribution >= 0.6 is 11.3 Å². The molecule has 1 unspecified atom stereocenters. The number of hydrogen-bond acceptors (Lipinski definition) is 7. The Kier molecular flexibility index (Phi) is 3.95. The maximum absolute atomic E-state index is 12.2.